The average Bonchev–Trinajstić information content (AvgIpc) is 3.06. The zero-order chi connectivity index (χ0) is 16.6. The molecule has 0 aliphatic rings. The first-order chi connectivity index (χ1) is 11.0. The zero-order valence-corrected chi connectivity index (χ0v) is 14.3. The van der Waals surface area contributed by atoms with Gasteiger partial charge in [0.2, 0.25) is 0 Å². The molecule has 0 saturated carbocycles. The molecular weight excluding hydrogens is 330 g/mol. The Hall–Kier alpha value is -2.25. The Bertz CT molecular complexity index is 987. The van der Waals surface area contributed by atoms with E-state index in [0.29, 0.717) is 21.2 Å². The van der Waals surface area contributed by atoms with Crippen LogP contribution in [0.2, 0.25) is 0 Å². The standard InChI is InChI=1S/C16H15N3O2S2/c1-9(13-4-3-7-23-13)17-14(20)10-5-6-11-12(8-10)18-16(22)19(2)15(11)21/h3-9H,1-2H3,(H,17,20)(H,18,22)/t9-/m0/s1. The fraction of sp³-hybridized carbons (Fsp3) is 0.188. The first-order valence-corrected chi connectivity index (χ1v) is 8.33. The number of nitrogens with zero attached hydrogens (tertiary/aromatic N) is 1. The largest absolute Gasteiger partial charge is 0.345 e. The third kappa shape index (κ3) is 2.97. The highest BCUT2D eigenvalue weighted by Gasteiger charge is 2.13. The molecule has 1 atom stereocenters. The summed E-state index contributed by atoms with van der Waals surface area (Å²) in [7, 11) is 1.62. The van der Waals surface area contributed by atoms with Gasteiger partial charge in [0.05, 0.1) is 16.9 Å². The molecule has 5 nitrogen and oxygen atoms in total. The second kappa shape index (κ2) is 6.10. The number of thiophene rings is 1. The van der Waals surface area contributed by atoms with Crippen molar-refractivity contribution in [2.75, 3.05) is 0 Å². The minimum absolute atomic E-state index is 0.0691. The van der Waals surface area contributed by atoms with Crippen LogP contribution in [0.15, 0.2) is 40.5 Å². The maximum absolute atomic E-state index is 12.4. The van der Waals surface area contributed by atoms with Crippen molar-refractivity contribution in [1.29, 1.82) is 0 Å². The molecule has 2 heterocycles. The molecule has 2 aromatic heterocycles. The first-order valence-electron chi connectivity index (χ1n) is 7.04. The Kier molecular flexibility index (Phi) is 4.14. The van der Waals surface area contributed by atoms with Crippen LogP contribution < -0.4 is 10.9 Å². The summed E-state index contributed by atoms with van der Waals surface area (Å²) in [5, 5.41) is 5.43. The summed E-state index contributed by atoms with van der Waals surface area (Å²) in [5.41, 5.74) is 0.872. The third-order valence-corrected chi connectivity index (χ3v) is 5.11. The molecule has 0 unspecified atom stereocenters. The van der Waals surface area contributed by atoms with Gasteiger partial charge in [-0.25, -0.2) is 0 Å². The van der Waals surface area contributed by atoms with Crippen molar-refractivity contribution in [3.63, 3.8) is 0 Å². The summed E-state index contributed by atoms with van der Waals surface area (Å²) in [4.78, 5) is 28.6. The topological polar surface area (TPSA) is 66.9 Å². The molecule has 0 aliphatic heterocycles. The number of H-pyrrole nitrogens is 1. The number of fused-ring (bicyclic) bond motifs is 1. The lowest BCUT2D eigenvalue weighted by atomic mass is 10.1. The highest BCUT2D eigenvalue weighted by molar-refractivity contribution is 7.71. The lowest BCUT2D eigenvalue weighted by Gasteiger charge is -2.12. The summed E-state index contributed by atoms with van der Waals surface area (Å²) in [6.07, 6.45) is 0. The van der Waals surface area contributed by atoms with Gasteiger partial charge in [0.25, 0.3) is 11.5 Å². The number of rotatable bonds is 3. The van der Waals surface area contributed by atoms with Gasteiger partial charge in [-0.3, -0.25) is 14.2 Å². The second-order valence-electron chi connectivity index (χ2n) is 5.27. The Labute approximate surface area is 141 Å². The fourth-order valence-electron chi connectivity index (χ4n) is 2.34. The minimum Gasteiger partial charge on any atom is -0.345 e. The van der Waals surface area contributed by atoms with E-state index < -0.39 is 0 Å². The molecule has 3 aromatic rings. The van der Waals surface area contributed by atoms with Crippen LogP contribution >= 0.6 is 23.6 Å². The number of amides is 1. The van der Waals surface area contributed by atoms with Crippen LogP contribution in [0.3, 0.4) is 0 Å². The number of aromatic amines is 1. The van der Waals surface area contributed by atoms with Crippen molar-refractivity contribution in [2.45, 2.75) is 13.0 Å². The molecule has 0 bridgehead atoms. The minimum atomic E-state index is -0.187. The van der Waals surface area contributed by atoms with Gasteiger partial charge in [-0.05, 0) is 48.8 Å². The predicted molar refractivity (Wildman–Crippen MR) is 94.6 cm³/mol. The molecule has 1 aromatic carbocycles. The maximum Gasteiger partial charge on any atom is 0.261 e. The van der Waals surface area contributed by atoms with Gasteiger partial charge in [0.1, 0.15) is 0 Å². The van der Waals surface area contributed by atoms with Crippen LogP contribution in [0.4, 0.5) is 0 Å². The quantitative estimate of drug-likeness (QED) is 0.717. The van der Waals surface area contributed by atoms with Crippen LogP contribution in [0.25, 0.3) is 10.9 Å². The number of hydrogen-bond acceptors (Lipinski definition) is 4. The molecule has 2 N–H and O–H groups in total. The van der Waals surface area contributed by atoms with Crippen molar-refractivity contribution < 1.29 is 4.79 Å². The summed E-state index contributed by atoms with van der Waals surface area (Å²) >= 11 is 6.71. The van der Waals surface area contributed by atoms with E-state index in [1.807, 2.05) is 24.4 Å². The lowest BCUT2D eigenvalue weighted by Crippen LogP contribution is -2.26. The van der Waals surface area contributed by atoms with Crippen LogP contribution in [-0.4, -0.2) is 15.5 Å². The number of carbonyl (C=O) groups excluding carboxylic acids is 1. The summed E-state index contributed by atoms with van der Waals surface area (Å²) in [6.45, 7) is 1.94. The van der Waals surface area contributed by atoms with Gasteiger partial charge in [0, 0.05) is 17.5 Å². The molecule has 0 aliphatic carbocycles. The Morgan fingerprint density at radius 2 is 2.17 bits per heavy atom. The van der Waals surface area contributed by atoms with E-state index in [2.05, 4.69) is 10.3 Å². The van der Waals surface area contributed by atoms with E-state index in [4.69, 9.17) is 12.2 Å². The second-order valence-corrected chi connectivity index (χ2v) is 6.63. The Morgan fingerprint density at radius 1 is 1.39 bits per heavy atom. The predicted octanol–water partition coefficient (Wildman–Crippen LogP) is 3.15. The molecular formula is C16H15N3O2S2. The van der Waals surface area contributed by atoms with Crippen molar-refractivity contribution in [2.24, 2.45) is 7.05 Å². The molecule has 0 spiro atoms. The van der Waals surface area contributed by atoms with Gasteiger partial charge in [-0.1, -0.05) is 6.07 Å². The van der Waals surface area contributed by atoms with Gasteiger partial charge >= 0.3 is 0 Å². The van der Waals surface area contributed by atoms with Crippen LogP contribution in [0.5, 0.6) is 0 Å². The highest BCUT2D eigenvalue weighted by atomic mass is 32.1. The van der Waals surface area contributed by atoms with Gasteiger partial charge < -0.3 is 10.3 Å². The summed E-state index contributed by atoms with van der Waals surface area (Å²) in [6, 6.07) is 8.82. The van der Waals surface area contributed by atoms with Crippen molar-refractivity contribution in [3.05, 3.63) is 61.3 Å². The lowest BCUT2D eigenvalue weighted by molar-refractivity contribution is 0.0940. The maximum atomic E-state index is 12.4. The Balaban J connectivity index is 1.94. The number of hydrogen-bond donors (Lipinski definition) is 2. The fourth-order valence-corrected chi connectivity index (χ4v) is 3.26. The summed E-state index contributed by atoms with van der Waals surface area (Å²) < 4.78 is 1.70. The molecule has 7 heteroatoms. The third-order valence-electron chi connectivity index (χ3n) is 3.68. The van der Waals surface area contributed by atoms with Gasteiger partial charge in [-0.15, -0.1) is 11.3 Å². The first kappa shape index (κ1) is 15.6. The van der Waals surface area contributed by atoms with E-state index in [0.717, 1.165) is 4.88 Å². The average molecular weight is 345 g/mol. The van der Waals surface area contributed by atoms with Gasteiger partial charge in [0.15, 0.2) is 4.77 Å². The normalized spacial score (nSPS) is 12.3. The molecule has 23 heavy (non-hydrogen) atoms. The Morgan fingerprint density at radius 3 is 2.87 bits per heavy atom. The number of aromatic nitrogens is 2. The van der Waals surface area contributed by atoms with Gasteiger partial charge in [-0.2, -0.15) is 0 Å². The SMILES string of the molecule is C[C@H](NC(=O)c1ccc2c(=O)n(C)c(=S)[nH]c2c1)c1cccs1. The molecule has 3 rings (SSSR count). The zero-order valence-electron chi connectivity index (χ0n) is 12.6. The van der Waals surface area contributed by atoms with Crippen molar-refractivity contribution in [1.82, 2.24) is 14.9 Å². The van der Waals surface area contributed by atoms with Crippen LogP contribution in [0, 0.1) is 4.77 Å². The smallest absolute Gasteiger partial charge is 0.261 e. The molecule has 0 radical (unpaired) electrons. The van der Waals surface area contributed by atoms with Crippen LogP contribution in [-0.2, 0) is 7.05 Å². The van der Waals surface area contributed by atoms with E-state index in [9.17, 15) is 9.59 Å². The summed E-state index contributed by atoms with van der Waals surface area (Å²) in [5.74, 6) is -0.187. The van der Waals surface area contributed by atoms with E-state index in [1.54, 1.807) is 36.6 Å². The van der Waals surface area contributed by atoms with Crippen molar-refractivity contribution >= 4 is 40.4 Å². The van der Waals surface area contributed by atoms with Crippen LogP contribution in [0.1, 0.15) is 28.2 Å². The number of nitrogens with one attached hydrogen (secondary N) is 2. The van der Waals surface area contributed by atoms with E-state index in [-0.39, 0.29) is 17.5 Å². The monoisotopic (exact) mass is 345 g/mol. The highest BCUT2D eigenvalue weighted by Crippen LogP contribution is 2.19. The molecule has 118 valence electrons. The molecule has 1 amide bonds. The van der Waals surface area contributed by atoms with E-state index >= 15 is 0 Å². The number of benzene rings is 1. The molecule has 0 fully saturated rings. The number of carbonyl (C=O) groups is 1. The van der Waals surface area contributed by atoms with E-state index in [1.165, 1.54) is 4.57 Å². The molecule has 0 saturated heterocycles. The van der Waals surface area contributed by atoms with Crippen molar-refractivity contribution in [3.8, 4) is 0 Å².